The molecule has 2 aromatic rings. The second kappa shape index (κ2) is 10.1. The smallest absolute Gasteiger partial charge is 0.266 e. The first-order valence-electron chi connectivity index (χ1n) is 8.82. The number of amidine groups is 1. The highest BCUT2D eigenvalue weighted by molar-refractivity contribution is 14.1. The maximum atomic E-state index is 13.0. The number of amides is 1. The molecular weight excluding hydrogens is 503 g/mol. The Hall–Kier alpha value is -2.04. The second-order valence-corrected chi connectivity index (χ2v) is 8.22. The standard InChI is InChI=1S/C21H21IN2O4S/c1-26-11-10-24-20(25)19(13-14-4-9-18(28-3)17(22)12-14)29-21(24)23-15-5-7-16(27-2)8-6-15/h4-9,12-13H,10-11H2,1-3H3/b19-13-,23-21?. The van der Waals surface area contributed by atoms with Crippen molar-refractivity contribution in [1.82, 2.24) is 4.90 Å². The van der Waals surface area contributed by atoms with Crippen LogP contribution in [0.5, 0.6) is 11.5 Å². The Morgan fingerprint density at radius 1 is 1.10 bits per heavy atom. The predicted octanol–water partition coefficient (Wildman–Crippen LogP) is 4.56. The van der Waals surface area contributed by atoms with Crippen molar-refractivity contribution in [2.45, 2.75) is 0 Å². The first-order valence-corrected chi connectivity index (χ1v) is 10.7. The number of nitrogens with zero attached hydrogens (tertiary/aromatic N) is 2. The number of methoxy groups -OCH3 is 3. The Balaban J connectivity index is 1.91. The molecule has 0 radical (unpaired) electrons. The number of benzene rings is 2. The molecule has 152 valence electrons. The zero-order valence-electron chi connectivity index (χ0n) is 16.3. The predicted molar refractivity (Wildman–Crippen MR) is 125 cm³/mol. The van der Waals surface area contributed by atoms with Gasteiger partial charge in [-0.3, -0.25) is 9.69 Å². The summed E-state index contributed by atoms with van der Waals surface area (Å²) in [5.41, 5.74) is 1.69. The van der Waals surface area contributed by atoms with Crippen molar-refractivity contribution in [2.75, 3.05) is 34.5 Å². The molecule has 0 bridgehead atoms. The maximum Gasteiger partial charge on any atom is 0.266 e. The molecule has 0 aliphatic carbocycles. The number of ether oxygens (including phenoxy) is 3. The molecule has 0 N–H and O–H groups in total. The van der Waals surface area contributed by atoms with Crippen LogP contribution in [0.4, 0.5) is 5.69 Å². The fourth-order valence-electron chi connectivity index (χ4n) is 2.66. The van der Waals surface area contributed by atoms with Crippen LogP contribution in [0.2, 0.25) is 0 Å². The monoisotopic (exact) mass is 524 g/mol. The van der Waals surface area contributed by atoms with Crippen molar-refractivity contribution in [3.8, 4) is 11.5 Å². The van der Waals surface area contributed by atoms with Crippen molar-refractivity contribution in [3.63, 3.8) is 0 Å². The Kier molecular flexibility index (Phi) is 7.57. The highest BCUT2D eigenvalue weighted by Crippen LogP contribution is 2.35. The van der Waals surface area contributed by atoms with Gasteiger partial charge in [-0.15, -0.1) is 0 Å². The summed E-state index contributed by atoms with van der Waals surface area (Å²) in [6.45, 7) is 0.871. The van der Waals surface area contributed by atoms with E-state index in [0.717, 1.165) is 26.3 Å². The highest BCUT2D eigenvalue weighted by atomic mass is 127. The van der Waals surface area contributed by atoms with Gasteiger partial charge >= 0.3 is 0 Å². The molecule has 0 unspecified atom stereocenters. The number of hydrogen-bond donors (Lipinski definition) is 0. The molecule has 1 aliphatic rings. The van der Waals surface area contributed by atoms with Crippen molar-refractivity contribution < 1.29 is 19.0 Å². The Morgan fingerprint density at radius 3 is 2.48 bits per heavy atom. The van der Waals surface area contributed by atoms with Gasteiger partial charge in [-0.25, -0.2) is 4.99 Å². The average molecular weight is 524 g/mol. The minimum Gasteiger partial charge on any atom is -0.497 e. The van der Waals surface area contributed by atoms with Crippen LogP contribution in [0.3, 0.4) is 0 Å². The minimum absolute atomic E-state index is 0.0786. The first-order chi connectivity index (χ1) is 14.0. The lowest BCUT2D eigenvalue weighted by Crippen LogP contribution is -2.32. The van der Waals surface area contributed by atoms with Gasteiger partial charge < -0.3 is 14.2 Å². The molecule has 29 heavy (non-hydrogen) atoms. The van der Waals surface area contributed by atoms with E-state index in [0.29, 0.717) is 23.2 Å². The van der Waals surface area contributed by atoms with Gasteiger partial charge in [-0.05, 0) is 82.4 Å². The van der Waals surface area contributed by atoms with E-state index in [-0.39, 0.29) is 5.91 Å². The number of aliphatic imine (C=N–C) groups is 1. The Bertz CT molecular complexity index is 944. The Labute approximate surface area is 188 Å². The molecule has 0 saturated carbocycles. The molecule has 1 saturated heterocycles. The van der Waals surface area contributed by atoms with Gasteiger partial charge in [0.1, 0.15) is 11.5 Å². The summed E-state index contributed by atoms with van der Waals surface area (Å²) in [5.74, 6) is 1.49. The van der Waals surface area contributed by atoms with Gasteiger partial charge in [0.05, 0.1) is 41.5 Å². The van der Waals surface area contributed by atoms with Crippen molar-refractivity contribution in [1.29, 1.82) is 0 Å². The highest BCUT2D eigenvalue weighted by Gasteiger charge is 2.33. The third kappa shape index (κ3) is 5.31. The summed E-state index contributed by atoms with van der Waals surface area (Å²) in [6.07, 6.45) is 1.88. The zero-order chi connectivity index (χ0) is 20.8. The third-order valence-corrected chi connectivity index (χ3v) is 6.03. The Morgan fingerprint density at radius 2 is 1.86 bits per heavy atom. The molecule has 1 aliphatic heterocycles. The first kappa shape index (κ1) is 21.7. The number of carbonyl (C=O) groups is 1. The second-order valence-electron chi connectivity index (χ2n) is 6.05. The van der Waals surface area contributed by atoms with E-state index in [9.17, 15) is 4.79 Å². The van der Waals surface area contributed by atoms with Crippen molar-refractivity contribution >= 4 is 57.2 Å². The molecule has 8 heteroatoms. The topological polar surface area (TPSA) is 60.4 Å². The lowest BCUT2D eigenvalue weighted by molar-refractivity contribution is -0.122. The molecule has 0 atom stereocenters. The number of halogens is 1. The van der Waals surface area contributed by atoms with E-state index in [2.05, 4.69) is 27.6 Å². The van der Waals surface area contributed by atoms with Crippen LogP contribution in [0.1, 0.15) is 5.56 Å². The maximum absolute atomic E-state index is 13.0. The minimum atomic E-state index is -0.0786. The zero-order valence-corrected chi connectivity index (χ0v) is 19.3. The average Bonchev–Trinajstić information content (AvgIpc) is 3.01. The molecule has 1 amide bonds. The summed E-state index contributed by atoms with van der Waals surface area (Å²) in [4.78, 5) is 19.9. The van der Waals surface area contributed by atoms with Crippen LogP contribution in [0, 0.1) is 3.57 Å². The normalized spacial score (nSPS) is 16.7. The van der Waals surface area contributed by atoms with Gasteiger partial charge in [0.15, 0.2) is 5.17 Å². The lowest BCUT2D eigenvalue weighted by atomic mass is 10.2. The summed E-state index contributed by atoms with van der Waals surface area (Å²) in [7, 11) is 4.88. The SMILES string of the molecule is COCCN1C(=O)/C(=C/c2ccc(OC)c(I)c2)SC1=Nc1ccc(OC)cc1. The van der Waals surface area contributed by atoms with Crippen LogP contribution in [-0.2, 0) is 9.53 Å². The van der Waals surface area contributed by atoms with Crippen LogP contribution >= 0.6 is 34.4 Å². The van der Waals surface area contributed by atoms with Crippen LogP contribution in [0.25, 0.3) is 6.08 Å². The molecule has 3 rings (SSSR count). The lowest BCUT2D eigenvalue weighted by Gasteiger charge is -2.14. The fourth-order valence-corrected chi connectivity index (χ4v) is 4.45. The van der Waals surface area contributed by atoms with Gasteiger partial charge in [0, 0.05) is 7.11 Å². The summed E-state index contributed by atoms with van der Waals surface area (Å²) in [6, 6.07) is 13.2. The van der Waals surface area contributed by atoms with Crippen molar-refractivity contribution in [3.05, 3.63) is 56.5 Å². The summed E-state index contributed by atoms with van der Waals surface area (Å²) >= 11 is 3.58. The summed E-state index contributed by atoms with van der Waals surface area (Å²) in [5, 5.41) is 0.631. The molecule has 0 aromatic heterocycles. The van der Waals surface area contributed by atoms with E-state index < -0.39 is 0 Å². The number of thioether (sulfide) groups is 1. The molecule has 1 heterocycles. The molecule has 6 nitrogen and oxygen atoms in total. The van der Waals surface area contributed by atoms with Gasteiger partial charge in [-0.1, -0.05) is 6.07 Å². The number of carbonyl (C=O) groups excluding carboxylic acids is 1. The quantitative estimate of drug-likeness (QED) is 0.393. The van der Waals surface area contributed by atoms with E-state index >= 15 is 0 Å². The van der Waals surface area contributed by atoms with Gasteiger partial charge in [0.25, 0.3) is 5.91 Å². The van der Waals surface area contributed by atoms with E-state index in [1.807, 2.05) is 48.5 Å². The molecule has 0 spiro atoms. The molecular formula is C21H21IN2O4S. The largest absolute Gasteiger partial charge is 0.497 e. The van der Waals surface area contributed by atoms with Gasteiger partial charge in [-0.2, -0.15) is 0 Å². The van der Waals surface area contributed by atoms with E-state index in [1.54, 1.807) is 26.2 Å². The number of rotatable bonds is 7. The van der Waals surface area contributed by atoms with Crippen LogP contribution < -0.4 is 9.47 Å². The van der Waals surface area contributed by atoms with Crippen LogP contribution in [-0.4, -0.2) is 50.5 Å². The summed E-state index contributed by atoms with van der Waals surface area (Å²) < 4.78 is 16.6. The van der Waals surface area contributed by atoms with Crippen LogP contribution in [0.15, 0.2) is 52.4 Å². The fraction of sp³-hybridized carbons (Fsp3) is 0.238. The van der Waals surface area contributed by atoms with Gasteiger partial charge in [0.2, 0.25) is 0 Å². The third-order valence-electron chi connectivity index (χ3n) is 4.18. The van der Waals surface area contributed by atoms with E-state index in [1.165, 1.54) is 11.8 Å². The van der Waals surface area contributed by atoms with Crippen molar-refractivity contribution in [2.24, 2.45) is 4.99 Å². The molecule has 2 aromatic carbocycles. The number of hydrogen-bond acceptors (Lipinski definition) is 6. The van der Waals surface area contributed by atoms with E-state index in [4.69, 9.17) is 14.2 Å². The molecule has 1 fully saturated rings.